The third-order valence-corrected chi connectivity index (χ3v) is 6.37. The molecule has 138 valence electrons. The molecule has 0 saturated carbocycles. The van der Waals surface area contributed by atoms with Gasteiger partial charge in [-0.2, -0.15) is 0 Å². The van der Waals surface area contributed by atoms with Crippen LogP contribution < -0.4 is 14.8 Å². The van der Waals surface area contributed by atoms with E-state index < -0.39 is 25.9 Å². The van der Waals surface area contributed by atoms with Gasteiger partial charge in [0.2, 0.25) is 20.0 Å². The lowest BCUT2D eigenvalue weighted by molar-refractivity contribution is 0.427. The molecule has 1 aromatic carbocycles. The molecule has 3 N–H and O–H groups in total. The maximum Gasteiger partial charge on any atom is 0.240 e. The third-order valence-electron chi connectivity index (χ3n) is 3.56. The number of hydrogen-bond donors (Lipinski definition) is 3. The van der Waals surface area contributed by atoms with Crippen LogP contribution in [0.3, 0.4) is 0 Å². The quantitative estimate of drug-likeness (QED) is 0.660. The third kappa shape index (κ3) is 5.55. The molecule has 0 bridgehead atoms. The Hall–Kier alpha value is -0.940. The predicted octanol–water partition coefficient (Wildman–Crippen LogP) is 1.04. The van der Waals surface area contributed by atoms with Crippen LogP contribution in [0.5, 0.6) is 0 Å². The van der Waals surface area contributed by atoms with Gasteiger partial charge in [0.25, 0.3) is 0 Å². The summed E-state index contributed by atoms with van der Waals surface area (Å²) in [6.45, 7) is 2.86. The Labute approximate surface area is 147 Å². The van der Waals surface area contributed by atoms with Gasteiger partial charge < -0.3 is 5.32 Å². The fourth-order valence-corrected chi connectivity index (χ4v) is 4.17. The van der Waals surface area contributed by atoms with Crippen molar-refractivity contribution in [3.8, 4) is 0 Å². The Balaban J connectivity index is 0.00000288. The average Bonchev–Trinajstić information content (AvgIpc) is 2.49. The van der Waals surface area contributed by atoms with Gasteiger partial charge in [0.1, 0.15) is 5.82 Å². The molecule has 2 rings (SSSR count). The van der Waals surface area contributed by atoms with Crippen LogP contribution in [0.1, 0.15) is 19.8 Å². The van der Waals surface area contributed by atoms with Crippen molar-refractivity contribution in [2.45, 2.75) is 30.7 Å². The molecule has 11 heteroatoms. The molecule has 0 amide bonds. The van der Waals surface area contributed by atoms with Crippen molar-refractivity contribution in [3.63, 3.8) is 0 Å². The summed E-state index contributed by atoms with van der Waals surface area (Å²) < 4.78 is 66.1. The number of piperidine rings is 1. The topological polar surface area (TPSA) is 104 Å². The normalized spacial score (nSPS) is 16.4. The number of hydrogen-bond acceptors (Lipinski definition) is 5. The van der Waals surface area contributed by atoms with Gasteiger partial charge in [-0.3, -0.25) is 4.72 Å². The molecule has 0 aliphatic carbocycles. The lowest BCUT2D eigenvalue weighted by Gasteiger charge is -2.23. The zero-order valence-corrected chi connectivity index (χ0v) is 15.5. The second kappa shape index (κ2) is 8.43. The van der Waals surface area contributed by atoms with Crippen molar-refractivity contribution in [1.82, 2.24) is 10.0 Å². The van der Waals surface area contributed by atoms with Gasteiger partial charge in [0.05, 0.1) is 16.3 Å². The fraction of sp³-hybridized carbons (Fsp3) is 0.538. The van der Waals surface area contributed by atoms with Crippen LogP contribution in [-0.4, -0.2) is 41.7 Å². The number of sulfonamides is 2. The predicted molar refractivity (Wildman–Crippen MR) is 92.9 cm³/mol. The molecule has 1 aromatic rings. The van der Waals surface area contributed by atoms with E-state index in [9.17, 15) is 21.2 Å². The second-order valence-electron chi connectivity index (χ2n) is 5.29. The smallest absolute Gasteiger partial charge is 0.240 e. The molecular weight excluding hydrogens is 381 g/mol. The summed E-state index contributed by atoms with van der Waals surface area (Å²) >= 11 is 0. The molecule has 1 aliphatic heterocycles. The van der Waals surface area contributed by atoms with Crippen LogP contribution >= 0.6 is 12.4 Å². The van der Waals surface area contributed by atoms with Crippen molar-refractivity contribution in [2.75, 3.05) is 23.6 Å². The molecule has 1 heterocycles. The summed E-state index contributed by atoms with van der Waals surface area (Å²) in [5, 5.41) is 3.12. The first-order chi connectivity index (χ1) is 10.7. The van der Waals surface area contributed by atoms with Crippen LogP contribution in [0, 0.1) is 5.82 Å². The van der Waals surface area contributed by atoms with Crippen LogP contribution in [0.15, 0.2) is 23.1 Å². The molecule has 1 aliphatic rings. The van der Waals surface area contributed by atoms with Gasteiger partial charge in [-0.05, 0) is 51.1 Å². The highest BCUT2D eigenvalue weighted by Gasteiger charge is 2.23. The first-order valence-electron chi connectivity index (χ1n) is 7.26. The lowest BCUT2D eigenvalue weighted by atomic mass is 10.1. The Morgan fingerprint density at radius 3 is 2.38 bits per heavy atom. The maximum atomic E-state index is 14.0. The number of benzene rings is 1. The molecule has 0 unspecified atom stereocenters. The van der Waals surface area contributed by atoms with Crippen LogP contribution in [-0.2, 0) is 20.0 Å². The van der Waals surface area contributed by atoms with E-state index in [2.05, 4.69) is 14.8 Å². The van der Waals surface area contributed by atoms with Crippen LogP contribution in [0.4, 0.5) is 10.1 Å². The highest BCUT2D eigenvalue weighted by Crippen LogP contribution is 2.21. The molecule has 7 nitrogen and oxygen atoms in total. The van der Waals surface area contributed by atoms with Crippen molar-refractivity contribution >= 4 is 38.1 Å². The Kier molecular flexibility index (Phi) is 7.42. The SMILES string of the molecule is CCS(=O)(=O)Nc1ccc(S(=O)(=O)NC2CCNCC2)cc1F.Cl. The minimum absolute atomic E-state index is 0. The van der Waals surface area contributed by atoms with E-state index in [1.807, 2.05) is 0 Å². The molecule has 0 atom stereocenters. The van der Waals surface area contributed by atoms with Gasteiger partial charge >= 0.3 is 0 Å². The van der Waals surface area contributed by atoms with E-state index in [4.69, 9.17) is 0 Å². The summed E-state index contributed by atoms with van der Waals surface area (Å²) in [6, 6.07) is 2.92. The minimum atomic E-state index is -3.84. The number of anilines is 1. The van der Waals surface area contributed by atoms with E-state index in [1.54, 1.807) is 0 Å². The van der Waals surface area contributed by atoms with Crippen molar-refractivity contribution < 1.29 is 21.2 Å². The van der Waals surface area contributed by atoms with Gasteiger partial charge in [-0.15, -0.1) is 12.4 Å². The molecule has 0 aromatic heterocycles. The molecular formula is C13H21ClFN3O4S2. The Morgan fingerprint density at radius 1 is 1.21 bits per heavy atom. The van der Waals surface area contributed by atoms with Crippen molar-refractivity contribution in [3.05, 3.63) is 24.0 Å². The van der Waals surface area contributed by atoms with Crippen LogP contribution in [0.25, 0.3) is 0 Å². The molecule has 0 spiro atoms. The van der Waals surface area contributed by atoms with Gasteiger partial charge in [-0.25, -0.2) is 25.9 Å². The van der Waals surface area contributed by atoms with E-state index in [1.165, 1.54) is 13.0 Å². The number of nitrogens with one attached hydrogen (secondary N) is 3. The van der Waals surface area contributed by atoms with E-state index >= 15 is 0 Å². The van der Waals surface area contributed by atoms with Crippen LogP contribution in [0.2, 0.25) is 0 Å². The van der Waals surface area contributed by atoms with E-state index in [0.717, 1.165) is 25.2 Å². The minimum Gasteiger partial charge on any atom is -0.317 e. The number of halogens is 2. The Bertz CT molecular complexity index is 765. The van der Waals surface area contributed by atoms with E-state index in [-0.39, 0.29) is 34.8 Å². The van der Waals surface area contributed by atoms with E-state index in [0.29, 0.717) is 12.8 Å². The maximum absolute atomic E-state index is 14.0. The summed E-state index contributed by atoms with van der Waals surface area (Å²) in [4.78, 5) is -0.229. The fourth-order valence-electron chi connectivity index (χ4n) is 2.21. The average molecular weight is 402 g/mol. The Morgan fingerprint density at radius 2 is 1.83 bits per heavy atom. The molecule has 0 radical (unpaired) electrons. The highest BCUT2D eigenvalue weighted by molar-refractivity contribution is 7.92. The van der Waals surface area contributed by atoms with Crippen molar-refractivity contribution in [2.24, 2.45) is 0 Å². The first-order valence-corrected chi connectivity index (χ1v) is 10.4. The zero-order chi connectivity index (χ0) is 17.1. The van der Waals surface area contributed by atoms with Crippen molar-refractivity contribution in [1.29, 1.82) is 0 Å². The summed E-state index contributed by atoms with van der Waals surface area (Å²) in [5.74, 6) is -1.14. The molecule has 1 fully saturated rings. The second-order valence-corrected chi connectivity index (χ2v) is 9.02. The lowest BCUT2D eigenvalue weighted by Crippen LogP contribution is -2.42. The summed E-state index contributed by atoms with van der Waals surface area (Å²) in [7, 11) is -7.47. The van der Waals surface area contributed by atoms with Gasteiger partial charge in [0, 0.05) is 6.04 Å². The highest BCUT2D eigenvalue weighted by atomic mass is 35.5. The summed E-state index contributed by atoms with van der Waals surface area (Å²) in [6.07, 6.45) is 1.33. The zero-order valence-electron chi connectivity index (χ0n) is 13.1. The largest absolute Gasteiger partial charge is 0.317 e. The van der Waals surface area contributed by atoms with Gasteiger partial charge in [-0.1, -0.05) is 0 Å². The first kappa shape index (κ1) is 21.1. The monoisotopic (exact) mass is 401 g/mol. The molecule has 1 saturated heterocycles. The standard InChI is InChI=1S/C13H20FN3O4S2.ClH/c1-2-22(18,19)17-13-4-3-11(9-12(13)14)23(20,21)16-10-5-7-15-8-6-10;/h3-4,9-10,15-17H,2,5-8H2,1H3;1H. The summed E-state index contributed by atoms with van der Waals surface area (Å²) in [5.41, 5.74) is -0.271. The number of rotatable bonds is 6. The molecule has 24 heavy (non-hydrogen) atoms. The van der Waals surface area contributed by atoms with Gasteiger partial charge in [0.15, 0.2) is 0 Å².